The molecule has 6 heteroatoms. The summed E-state index contributed by atoms with van der Waals surface area (Å²) in [6.07, 6.45) is -2.92. The lowest BCUT2D eigenvalue weighted by atomic mass is 9.92. The second kappa shape index (κ2) is 7.55. The number of benzene rings is 1. The van der Waals surface area contributed by atoms with Crippen LogP contribution in [0.4, 0.5) is 13.2 Å². The smallest absolute Gasteiger partial charge is 0.342 e. The SMILES string of the molecule is CCC(=O)N1CC[C@H](N[C@@H](C)c2ccc(C(F)(F)F)cc2)[C@H](C)C1. The van der Waals surface area contributed by atoms with Crippen LogP contribution in [0.1, 0.15) is 50.8 Å². The Morgan fingerprint density at radius 2 is 1.96 bits per heavy atom. The first-order valence-electron chi connectivity index (χ1n) is 8.43. The molecule has 1 heterocycles. The summed E-state index contributed by atoms with van der Waals surface area (Å²) in [5, 5.41) is 3.50. The maximum absolute atomic E-state index is 12.6. The molecule has 3 atom stereocenters. The minimum Gasteiger partial charge on any atom is -0.342 e. The van der Waals surface area contributed by atoms with Gasteiger partial charge in [0.2, 0.25) is 5.91 Å². The molecule has 0 saturated carbocycles. The largest absolute Gasteiger partial charge is 0.416 e. The monoisotopic (exact) mass is 342 g/mol. The molecule has 1 saturated heterocycles. The Hall–Kier alpha value is -1.56. The van der Waals surface area contributed by atoms with Crippen LogP contribution < -0.4 is 5.32 Å². The van der Waals surface area contributed by atoms with Gasteiger partial charge >= 0.3 is 6.18 Å². The lowest BCUT2D eigenvalue weighted by Gasteiger charge is -2.38. The van der Waals surface area contributed by atoms with Crippen molar-refractivity contribution in [2.24, 2.45) is 5.92 Å². The normalized spacial score (nSPS) is 23.2. The number of likely N-dealkylation sites (tertiary alicyclic amines) is 1. The van der Waals surface area contributed by atoms with E-state index < -0.39 is 11.7 Å². The second-order valence-electron chi connectivity index (χ2n) is 6.57. The molecule has 1 aliphatic rings. The van der Waals surface area contributed by atoms with Crippen LogP contribution in [-0.4, -0.2) is 29.9 Å². The summed E-state index contributed by atoms with van der Waals surface area (Å²) in [7, 11) is 0. The highest BCUT2D eigenvalue weighted by Gasteiger charge is 2.31. The first kappa shape index (κ1) is 18.8. The number of hydrogen-bond donors (Lipinski definition) is 1. The summed E-state index contributed by atoms with van der Waals surface area (Å²) < 4.78 is 37.9. The van der Waals surface area contributed by atoms with Gasteiger partial charge in [0.05, 0.1) is 5.56 Å². The Balaban J connectivity index is 1.95. The number of hydrogen-bond acceptors (Lipinski definition) is 2. The van der Waals surface area contributed by atoms with Crippen LogP contribution in [0.2, 0.25) is 0 Å². The van der Waals surface area contributed by atoms with Crippen LogP contribution in [0.3, 0.4) is 0 Å². The Morgan fingerprint density at radius 1 is 1.33 bits per heavy atom. The summed E-state index contributed by atoms with van der Waals surface area (Å²) >= 11 is 0. The van der Waals surface area contributed by atoms with E-state index in [4.69, 9.17) is 0 Å². The molecule has 1 N–H and O–H groups in total. The van der Waals surface area contributed by atoms with Crippen molar-refractivity contribution in [1.82, 2.24) is 10.2 Å². The van der Waals surface area contributed by atoms with E-state index >= 15 is 0 Å². The van der Waals surface area contributed by atoms with Gasteiger partial charge in [0.15, 0.2) is 0 Å². The molecule has 1 fully saturated rings. The molecule has 1 aromatic carbocycles. The zero-order chi connectivity index (χ0) is 17.9. The van der Waals surface area contributed by atoms with E-state index in [2.05, 4.69) is 12.2 Å². The third kappa shape index (κ3) is 4.50. The van der Waals surface area contributed by atoms with Crippen molar-refractivity contribution in [3.63, 3.8) is 0 Å². The van der Waals surface area contributed by atoms with Gasteiger partial charge in [-0.2, -0.15) is 13.2 Å². The Kier molecular flexibility index (Phi) is 5.91. The molecule has 134 valence electrons. The molecule has 1 aliphatic heterocycles. The third-order valence-corrected chi connectivity index (χ3v) is 4.76. The van der Waals surface area contributed by atoms with Crippen molar-refractivity contribution in [2.45, 2.75) is 51.9 Å². The van der Waals surface area contributed by atoms with Gasteiger partial charge < -0.3 is 10.2 Å². The summed E-state index contributed by atoms with van der Waals surface area (Å²) in [6, 6.07) is 5.53. The number of carbonyl (C=O) groups is 1. The molecule has 24 heavy (non-hydrogen) atoms. The fraction of sp³-hybridized carbons (Fsp3) is 0.611. The Labute approximate surface area is 141 Å². The van der Waals surface area contributed by atoms with Crippen molar-refractivity contribution in [3.8, 4) is 0 Å². The van der Waals surface area contributed by atoms with Gasteiger partial charge in [-0.05, 0) is 37.0 Å². The van der Waals surface area contributed by atoms with E-state index in [1.165, 1.54) is 12.1 Å². The maximum atomic E-state index is 12.6. The molecule has 0 aliphatic carbocycles. The Bertz CT molecular complexity index is 556. The number of amides is 1. The number of rotatable bonds is 4. The molecule has 1 aromatic rings. The average molecular weight is 342 g/mol. The van der Waals surface area contributed by atoms with E-state index in [1.54, 1.807) is 0 Å². The molecule has 0 unspecified atom stereocenters. The van der Waals surface area contributed by atoms with Crippen molar-refractivity contribution in [1.29, 1.82) is 0 Å². The summed E-state index contributed by atoms with van der Waals surface area (Å²) in [5.74, 6) is 0.488. The third-order valence-electron chi connectivity index (χ3n) is 4.76. The molecular formula is C18H25F3N2O. The lowest BCUT2D eigenvalue weighted by molar-refractivity contribution is -0.137. The van der Waals surface area contributed by atoms with E-state index in [9.17, 15) is 18.0 Å². The van der Waals surface area contributed by atoms with Crippen LogP contribution in [0.5, 0.6) is 0 Å². The number of halogens is 3. The highest BCUT2D eigenvalue weighted by atomic mass is 19.4. The molecule has 2 rings (SSSR count). The van der Waals surface area contributed by atoms with Gasteiger partial charge in [-0.3, -0.25) is 4.79 Å². The van der Waals surface area contributed by atoms with Gasteiger partial charge in [0.25, 0.3) is 0 Å². The molecule has 0 aromatic heterocycles. The van der Waals surface area contributed by atoms with E-state index in [1.807, 2.05) is 18.7 Å². The van der Waals surface area contributed by atoms with Gasteiger partial charge in [-0.15, -0.1) is 0 Å². The summed E-state index contributed by atoms with van der Waals surface area (Å²) in [6.45, 7) is 7.38. The minimum atomic E-state index is -4.30. The molecule has 1 amide bonds. The van der Waals surface area contributed by atoms with Crippen LogP contribution in [0.25, 0.3) is 0 Å². The fourth-order valence-corrected chi connectivity index (χ4v) is 3.22. The second-order valence-corrected chi connectivity index (χ2v) is 6.57. The number of nitrogens with zero attached hydrogens (tertiary/aromatic N) is 1. The van der Waals surface area contributed by atoms with Gasteiger partial charge in [-0.1, -0.05) is 26.0 Å². The number of nitrogens with one attached hydrogen (secondary N) is 1. The predicted molar refractivity (Wildman–Crippen MR) is 87.4 cm³/mol. The highest BCUT2D eigenvalue weighted by Crippen LogP contribution is 2.30. The molecule has 0 radical (unpaired) electrons. The quantitative estimate of drug-likeness (QED) is 0.897. The van der Waals surface area contributed by atoms with Gasteiger partial charge in [0.1, 0.15) is 0 Å². The summed E-state index contributed by atoms with van der Waals surface area (Å²) in [4.78, 5) is 13.7. The fourth-order valence-electron chi connectivity index (χ4n) is 3.22. The zero-order valence-electron chi connectivity index (χ0n) is 14.4. The zero-order valence-corrected chi connectivity index (χ0v) is 14.4. The first-order chi connectivity index (χ1) is 11.2. The molecular weight excluding hydrogens is 317 g/mol. The van der Waals surface area contributed by atoms with Crippen molar-refractivity contribution < 1.29 is 18.0 Å². The van der Waals surface area contributed by atoms with Gasteiger partial charge in [0, 0.05) is 31.6 Å². The molecule has 3 nitrogen and oxygen atoms in total. The van der Waals surface area contributed by atoms with Crippen LogP contribution in [-0.2, 0) is 11.0 Å². The lowest BCUT2D eigenvalue weighted by Crippen LogP contribution is -2.50. The summed E-state index contributed by atoms with van der Waals surface area (Å²) in [5.41, 5.74) is 0.209. The average Bonchev–Trinajstić information content (AvgIpc) is 2.55. The first-order valence-corrected chi connectivity index (χ1v) is 8.43. The van der Waals surface area contributed by atoms with Gasteiger partial charge in [-0.25, -0.2) is 0 Å². The predicted octanol–water partition coefficient (Wildman–Crippen LogP) is 4.00. The van der Waals surface area contributed by atoms with Crippen LogP contribution in [0.15, 0.2) is 24.3 Å². The standard InChI is InChI=1S/C18H25F3N2O/c1-4-17(24)23-10-9-16(12(2)11-23)22-13(3)14-5-7-15(8-6-14)18(19,20)21/h5-8,12-13,16,22H,4,9-11H2,1-3H3/t12-,13+,16+/m1/s1. The van der Waals surface area contributed by atoms with E-state index in [-0.39, 0.29) is 18.0 Å². The minimum absolute atomic E-state index is 0.0341. The van der Waals surface area contributed by atoms with Crippen LogP contribution in [0, 0.1) is 5.92 Å². The Morgan fingerprint density at radius 3 is 2.46 bits per heavy atom. The number of carbonyl (C=O) groups excluding carboxylic acids is 1. The number of alkyl halides is 3. The molecule has 0 bridgehead atoms. The van der Waals surface area contributed by atoms with Crippen molar-refractivity contribution >= 4 is 5.91 Å². The van der Waals surface area contributed by atoms with Crippen LogP contribution >= 0.6 is 0 Å². The van der Waals surface area contributed by atoms with E-state index in [0.717, 1.165) is 37.2 Å². The van der Waals surface area contributed by atoms with E-state index in [0.29, 0.717) is 12.3 Å². The van der Waals surface area contributed by atoms with Crippen molar-refractivity contribution in [3.05, 3.63) is 35.4 Å². The maximum Gasteiger partial charge on any atom is 0.416 e. The molecule has 0 spiro atoms. The number of piperidine rings is 1. The highest BCUT2D eigenvalue weighted by molar-refractivity contribution is 5.75. The topological polar surface area (TPSA) is 32.3 Å². The van der Waals surface area contributed by atoms with Crippen molar-refractivity contribution in [2.75, 3.05) is 13.1 Å².